The molecule has 8 nitrogen and oxygen atoms in total. The van der Waals surface area contributed by atoms with E-state index in [0.717, 1.165) is 25.0 Å². The number of fused-ring (bicyclic) bond motifs is 2. The van der Waals surface area contributed by atoms with Crippen molar-refractivity contribution in [2.24, 2.45) is 23.8 Å². The van der Waals surface area contributed by atoms with Gasteiger partial charge in [-0.2, -0.15) is 4.31 Å². The van der Waals surface area contributed by atoms with Crippen LogP contribution < -0.4 is 0 Å². The Balaban J connectivity index is 1.54. The first-order valence-electron chi connectivity index (χ1n) is 12.4. The zero-order valence-corrected chi connectivity index (χ0v) is 21.8. The third-order valence-electron chi connectivity index (χ3n) is 8.72. The minimum Gasteiger partial charge on any atom is -0.385 e. The van der Waals surface area contributed by atoms with Crippen LogP contribution in [0.1, 0.15) is 58.1 Å². The first kappa shape index (κ1) is 25.4. The summed E-state index contributed by atoms with van der Waals surface area (Å²) in [6.45, 7) is 4.98. The Bertz CT molecular complexity index is 1030. The molecule has 1 aromatic heterocycles. The van der Waals surface area contributed by atoms with Crippen LogP contribution in [0.5, 0.6) is 0 Å². The van der Waals surface area contributed by atoms with E-state index >= 15 is 0 Å². The zero-order chi connectivity index (χ0) is 24.7. The van der Waals surface area contributed by atoms with Crippen LogP contribution >= 0.6 is 0 Å². The summed E-state index contributed by atoms with van der Waals surface area (Å²) >= 11 is 0. The molecule has 3 saturated carbocycles. The number of amides is 1. The van der Waals surface area contributed by atoms with Crippen LogP contribution in [0.15, 0.2) is 18.3 Å². The summed E-state index contributed by atoms with van der Waals surface area (Å²) in [4.78, 5) is 28.3. The van der Waals surface area contributed by atoms with Gasteiger partial charge in [0.15, 0.2) is 0 Å². The minimum absolute atomic E-state index is 0.0730. The molecule has 0 radical (unpaired) electrons. The summed E-state index contributed by atoms with van der Waals surface area (Å²) in [6, 6.07) is 4.09. The maximum atomic E-state index is 13.8. The maximum absolute atomic E-state index is 13.8. The number of rotatable bonds is 12. The van der Waals surface area contributed by atoms with Crippen LogP contribution in [0.2, 0.25) is 0 Å². The van der Waals surface area contributed by atoms with Gasteiger partial charge in [-0.1, -0.05) is 13.8 Å². The molecule has 9 heteroatoms. The quantitative estimate of drug-likeness (QED) is 0.418. The number of ketones is 1. The molecule has 3 aliphatic carbocycles. The van der Waals surface area contributed by atoms with Gasteiger partial charge in [0.2, 0.25) is 15.9 Å². The highest BCUT2D eigenvalue weighted by Gasteiger charge is 2.65. The summed E-state index contributed by atoms with van der Waals surface area (Å²) in [6.07, 6.45) is 6.31. The molecule has 0 saturated heterocycles. The fourth-order valence-electron chi connectivity index (χ4n) is 6.10. The van der Waals surface area contributed by atoms with Crippen molar-refractivity contribution in [1.82, 2.24) is 13.8 Å². The predicted molar refractivity (Wildman–Crippen MR) is 129 cm³/mol. The van der Waals surface area contributed by atoms with E-state index in [-0.39, 0.29) is 47.9 Å². The molecule has 190 valence electrons. The van der Waals surface area contributed by atoms with E-state index in [4.69, 9.17) is 4.74 Å². The Morgan fingerprint density at radius 3 is 2.53 bits per heavy atom. The number of carbonyl (C=O) groups is 2. The number of carbonyl (C=O) groups excluding carboxylic acids is 2. The number of aromatic nitrogens is 1. The molecule has 1 amide bonds. The third-order valence-corrected chi connectivity index (χ3v) is 10.7. The molecule has 0 N–H and O–H groups in total. The van der Waals surface area contributed by atoms with Crippen LogP contribution in [0, 0.1) is 16.7 Å². The van der Waals surface area contributed by atoms with Crippen LogP contribution in [-0.2, 0) is 37.9 Å². The highest BCUT2D eigenvalue weighted by atomic mass is 32.2. The number of methoxy groups -OCH3 is 1. The summed E-state index contributed by atoms with van der Waals surface area (Å²) in [5.74, 6) is -0.0640. The zero-order valence-electron chi connectivity index (χ0n) is 21.0. The molecule has 4 rings (SSSR count). The average molecular weight is 494 g/mol. The lowest BCUT2D eigenvalue weighted by Gasteiger charge is -2.38. The highest BCUT2D eigenvalue weighted by Crippen LogP contribution is 2.64. The van der Waals surface area contributed by atoms with Crippen molar-refractivity contribution in [2.45, 2.75) is 65.0 Å². The topological polar surface area (TPSA) is 88.9 Å². The lowest BCUT2D eigenvalue weighted by Crippen LogP contribution is -2.49. The Hall–Kier alpha value is -1.71. The van der Waals surface area contributed by atoms with Gasteiger partial charge in [0.05, 0.1) is 18.8 Å². The predicted octanol–water partition coefficient (Wildman–Crippen LogP) is 2.58. The van der Waals surface area contributed by atoms with Gasteiger partial charge in [-0.3, -0.25) is 9.59 Å². The number of Topliss-reactive ketones (excluding diaryl/α,β-unsaturated/α-hetero) is 1. The molecular formula is C25H39N3O5S. The maximum Gasteiger partial charge on any atom is 0.238 e. The van der Waals surface area contributed by atoms with Gasteiger partial charge in [0, 0.05) is 57.1 Å². The lowest BCUT2D eigenvalue weighted by molar-refractivity contribution is -0.132. The second-order valence-electron chi connectivity index (χ2n) is 11.0. The van der Waals surface area contributed by atoms with Gasteiger partial charge >= 0.3 is 0 Å². The van der Waals surface area contributed by atoms with Crippen molar-refractivity contribution in [2.75, 3.05) is 32.6 Å². The Kier molecular flexibility index (Phi) is 7.01. The second kappa shape index (κ2) is 9.39. The standard InChI is InChI=1S/C25H39N3O5S/c1-24(2)19-10-11-25(24,22(29)15-19)18-34(31,32)27(13-6-14-33-4)17-23(30)28(20-8-9-20)16-21-7-5-12-26(21)3/h5,7,12,19-20H,6,8-11,13-18H2,1-4H3. The summed E-state index contributed by atoms with van der Waals surface area (Å²) in [5, 5.41) is 0. The van der Waals surface area contributed by atoms with E-state index in [1.165, 1.54) is 4.31 Å². The van der Waals surface area contributed by atoms with Crippen molar-refractivity contribution < 1.29 is 22.7 Å². The number of aryl methyl sites for hydroxylation is 1. The first-order chi connectivity index (χ1) is 16.0. The van der Waals surface area contributed by atoms with Crippen LogP contribution in [0.4, 0.5) is 0 Å². The van der Waals surface area contributed by atoms with E-state index in [0.29, 0.717) is 32.4 Å². The van der Waals surface area contributed by atoms with Crippen LogP contribution in [0.25, 0.3) is 0 Å². The summed E-state index contributed by atoms with van der Waals surface area (Å²) in [5.41, 5.74) is -0.173. The van der Waals surface area contributed by atoms with Crippen molar-refractivity contribution >= 4 is 21.7 Å². The SMILES string of the molecule is COCCCN(CC(=O)N(Cc1cccn1C)C1CC1)S(=O)(=O)CC12CCC(CC1=O)C2(C)C. The number of hydrogen-bond acceptors (Lipinski definition) is 5. The van der Waals surface area contributed by atoms with Gasteiger partial charge < -0.3 is 14.2 Å². The smallest absolute Gasteiger partial charge is 0.238 e. The third kappa shape index (κ3) is 4.58. The molecule has 0 spiro atoms. The molecule has 1 heterocycles. The summed E-state index contributed by atoms with van der Waals surface area (Å²) < 4.78 is 36.0. The van der Waals surface area contributed by atoms with Crippen molar-refractivity contribution in [3.8, 4) is 0 Å². The number of sulfonamides is 1. The van der Waals surface area contributed by atoms with Crippen molar-refractivity contribution in [3.05, 3.63) is 24.0 Å². The van der Waals surface area contributed by atoms with Gasteiger partial charge in [-0.25, -0.2) is 8.42 Å². The number of nitrogens with zero attached hydrogens (tertiary/aromatic N) is 3. The number of hydrogen-bond donors (Lipinski definition) is 0. The fourth-order valence-corrected chi connectivity index (χ4v) is 8.29. The van der Waals surface area contributed by atoms with Crippen LogP contribution in [0.3, 0.4) is 0 Å². The molecule has 0 aromatic carbocycles. The van der Waals surface area contributed by atoms with E-state index in [1.54, 1.807) is 7.11 Å². The first-order valence-corrected chi connectivity index (χ1v) is 14.0. The molecule has 34 heavy (non-hydrogen) atoms. The molecular weight excluding hydrogens is 454 g/mol. The van der Waals surface area contributed by atoms with Gasteiger partial charge in [0.25, 0.3) is 0 Å². The van der Waals surface area contributed by atoms with E-state index < -0.39 is 15.4 Å². The lowest BCUT2D eigenvalue weighted by atomic mass is 9.70. The highest BCUT2D eigenvalue weighted by molar-refractivity contribution is 7.89. The minimum atomic E-state index is -3.83. The molecule has 2 bridgehead atoms. The normalized spacial score (nSPS) is 25.9. The Morgan fingerprint density at radius 2 is 2.00 bits per heavy atom. The van der Waals surface area contributed by atoms with Gasteiger partial charge in [-0.15, -0.1) is 0 Å². The second-order valence-corrected chi connectivity index (χ2v) is 12.9. The Labute approximate surface area is 203 Å². The molecule has 3 fully saturated rings. The fraction of sp³-hybridized carbons (Fsp3) is 0.760. The largest absolute Gasteiger partial charge is 0.385 e. The molecule has 3 aliphatic rings. The number of ether oxygens (including phenoxy) is 1. The van der Waals surface area contributed by atoms with Crippen LogP contribution in [-0.4, -0.2) is 72.5 Å². The molecule has 0 aliphatic heterocycles. The molecule has 1 aromatic rings. The van der Waals surface area contributed by atoms with Gasteiger partial charge in [0.1, 0.15) is 5.78 Å². The van der Waals surface area contributed by atoms with Crippen molar-refractivity contribution in [1.29, 1.82) is 0 Å². The van der Waals surface area contributed by atoms with E-state index in [9.17, 15) is 18.0 Å². The van der Waals surface area contributed by atoms with Gasteiger partial charge in [-0.05, 0) is 55.6 Å². The van der Waals surface area contributed by atoms with E-state index in [1.807, 2.05) is 48.7 Å². The Morgan fingerprint density at radius 1 is 1.26 bits per heavy atom. The average Bonchev–Trinajstić information content (AvgIpc) is 3.45. The monoisotopic (exact) mass is 493 g/mol. The summed E-state index contributed by atoms with van der Waals surface area (Å²) in [7, 11) is -0.309. The van der Waals surface area contributed by atoms with Crippen molar-refractivity contribution in [3.63, 3.8) is 0 Å². The molecule has 2 atom stereocenters. The molecule has 2 unspecified atom stereocenters. The van der Waals surface area contributed by atoms with E-state index in [2.05, 4.69) is 0 Å².